The SMILES string of the molecule is Fc1ccc(C23OCC(C4CCCCC4)(CO2)CO3)cc1. The Morgan fingerprint density at radius 3 is 2.00 bits per heavy atom. The van der Waals surface area contributed by atoms with Crippen molar-refractivity contribution in [2.45, 2.75) is 38.1 Å². The molecule has 1 saturated carbocycles. The minimum absolute atomic E-state index is 0.0161. The van der Waals surface area contributed by atoms with Crippen LogP contribution in [0.4, 0.5) is 4.39 Å². The summed E-state index contributed by atoms with van der Waals surface area (Å²) in [5, 5.41) is 0. The molecule has 114 valence electrons. The zero-order chi connectivity index (χ0) is 14.3. The van der Waals surface area contributed by atoms with E-state index < -0.39 is 5.97 Å². The van der Waals surface area contributed by atoms with E-state index in [0.717, 1.165) is 5.56 Å². The Morgan fingerprint density at radius 2 is 1.43 bits per heavy atom. The number of rotatable bonds is 2. The molecule has 1 aromatic carbocycles. The summed E-state index contributed by atoms with van der Waals surface area (Å²) in [5.74, 6) is -0.750. The first-order valence-electron chi connectivity index (χ1n) is 7.90. The molecule has 3 aliphatic heterocycles. The molecule has 1 aromatic rings. The van der Waals surface area contributed by atoms with Crippen LogP contribution in [0.1, 0.15) is 37.7 Å². The van der Waals surface area contributed by atoms with Gasteiger partial charge < -0.3 is 14.2 Å². The predicted octanol–water partition coefficient (Wildman–Crippen LogP) is 3.58. The van der Waals surface area contributed by atoms with E-state index in [2.05, 4.69) is 0 Å². The third-order valence-corrected chi connectivity index (χ3v) is 5.32. The molecule has 21 heavy (non-hydrogen) atoms. The molecule has 0 amide bonds. The van der Waals surface area contributed by atoms with Crippen molar-refractivity contribution in [2.24, 2.45) is 11.3 Å². The number of hydrogen-bond donors (Lipinski definition) is 0. The fourth-order valence-electron chi connectivity index (χ4n) is 3.94. The van der Waals surface area contributed by atoms with Crippen LogP contribution in [0.25, 0.3) is 0 Å². The molecule has 0 atom stereocenters. The molecule has 0 N–H and O–H groups in total. The monoisotopic (exact) mass is 292 g/mol. The number of fused-ring (bicyclic) bond motifs is 3. The van der Waals surface area contributed by atoms with Crippen LogP contribution in [0, 0.1) is 17.2 Å². The molecule has 1 aliphatic carbocycles. The molecular formula is C17H21FO3. The number of halogens is 1. The fourth-order valence-corrected chi connectivity index (χ4v) is 3.94. The Bertz CT molecular complexity index is 483. The van der Waals surface area contributed by atoms with Gasteiger partial charge in [0.1, 0.15) is 5.82 Å². The van der Waals surface area contributed by atoms with Crippen LogP contribution in [0.15, 0.2) is 24.3 Å². The summed E-state index contributed by atoms with van der Waals surface area (Å²) < 4.78 is 31.0. The Morgan fingerprint density at radius 1 is 0.857 bits per heavy atom. The summed E-state index contributed by atoms with van der Waals surface area (Å²) in [7, 11) is 0. The van der Waals surface area contributed by atoms with E-state index in [4.69, 9.17) is 14.2 Å². The van der Waals surface area contributed by atoms with Crippen LogP contribution in [0.3, 0.4) is 0 Å². The van der Waals surface area contributed by atoms with Crippen LogP contribution in [0.2, 0.25) is 0 Å². The van der Waals surface area contributed by atoms with Gasteiger partial charge in [0.15, 0.2) is 0 Å². The zero-order valence-corrected chi connectivity index (χ0v) is 12.1. The topological polar surface area (TPSA) is 27.7 Å². The second kappa shape index (κ2) is 5.04. The smallest absolute Gasteiger partial charge is 0.312 e. The van der Waals surface area contributed by atoms with Gasteiger partial charge >= 0.3 is 5.97 Å². The van der Waals surface area contributed by atoms with Crippen molar-refractivity contribution >= 4 is 0 Å². The van der Waals surface area contributed by atoms with E-state index in [1.54, 1.807) is 12.1 Å². The Labute approximate surface area is 124 Å². The largest absolute Gasteiger partial charge is 0.323 e. The first-order valence-corrected chi connectivity index (χ1v) is 7.90. The molecule has 3 saturated heterocycles. The van der Waals surface area contributed by atoms with Crippen molar-refractivity contribution in [2.75, 3.05) is 19.8 Å². The minimum Gasteiger partial charge on any atom is -0.323 e. The minimum atomic E-state index is -1.12. The van der Waals surface area contributed by atoms with E-state index in [-0.39, 0.29) is 11.2 Å². The molecule has 0 spiro atoms. The van der Waals surface area contributed by atoms with Crippen molar-refractivity contribution in [1.82, 2.24) is 0 Å². The van der Waals surface area contributed by atoms with Crippen molar-refractivity contribution in [1.29, 1.82) is 0 Å². The highest BCUT2D eigenvalue weighted by Gasteiger charge is 2.56. The van der Waals surface area contributed by atoms with E-state index in [0.29, 0.717) is 25.7 Å². The van der Waals surface area contributed by atoms with Gasteiger partial charge in [0.25, 0.3) is 0 Å². The molecule has 4 heteroatoms. The first-order chi connectivity index (χ1) is 10.2. The quantitative estimate of drug-likeness (QED) is 0.834. The lowest BCUT2D eigenvalue weighted by Crippen LogP contribution is -2.61. The molecule has 4 fully saturated rings. The second-order valence-corrected chi connectivity index (χ2v) is 6.63. The van der Waals surface area contributed by atoms with Crippen molar-refractivity contribution in [3.8, 4) is 0 Å². The summed E-state index contributed by atoms with van der Waals surface area (Å²) in [5.41, 5.74) is 0.753. The van der Waals surface area contributed by atoms with Gasteiger partial charge in [-0.3, -0.25) is 0 Å². The van der Waals surface area contributed by atoms with Crippen LogP contribution in [-0.4, -0.2) is 19.8 Å². The predicted molar refractivity (Wildman–Crippen MR) is 74.9 cm³/mol. The van der Waals surface area contributed by atoms with E-state index >= 15 is 0 Å². The van der Waals surface area contributed by atoms with Gasteiger partial charge in [-0.1, -0.05) is 19.3 Å². The third-order valence-electron chi connectivity index (χ3n) is 5.32. The number of benzene rings is 1. The van der Waals surface area contributed by atoms with Crippen LogP contribution in [-0.2, 0) is 20.2 Å². The summed E-state index contributed by atoms with van der Waals surface area (Å²) in [6.45, 7) is 2.03. The first kappa shape index (κ1) is 13.7. The Balaban J connectivity index is 1.53. The highest BCUT2D eigenvalue weighted by molar-refractivity contribution is 5.21. The average molecular weight is 292 g/mol. The van der Waals surface area contributed by atoms with Crippen molar-refractivity contribution in [3.05, 3.63) is 35.6 Å². The molecule has 3 heterocycles. The molecule has 3 nitrogen and oxygen atoms in total. The van der Waals surface area contributed by atoms with Crippen molar-refractivity contribution in [3.63, 3.8) is 0 Å². The molecular weight excluding hydrogens is 271 g/mol. The maximum Gasteiger partial charge on any atom is 0.312 e. The van der Waals surface area contributed by atoms with Crippen LogP contribution in [0.5, 0.6) is 0 Å². The molecule has 5 rings (SSSR count). The third kappa shape index (κ3) is 2.20. The van der Waals surface area contributed by atoms with Gasteiger partial charge in [-0.15, -0.1) is 0 Å². The maximum absolute atomic E-state index is 13.1. The zero-order valence-electron chi connectivity index (χ0n) is 12.1. The fraction of sp³-hybridized carbons (Fsp3) is 0.647. The maximum atomic E-state index is 13.1. The Kier molecular flexibility index (Phi) is 3.28. The van der Waals surface area contributed by atoms with E-state index in [9.17, 15) is 4.39 Å². The molecule has 4 aliphatic rings. The lowest BCUT2D eigenvalue weighted by molar-refractivity contribution is -0.486. The summed E-state index contributed by atoms with van der Waals surface area (Å²) >= 11 is 0. The summed E-state index contributed by atoms with van der Waals surface area (Å²) in [6.07, 6.45) is 6.44. The molecule has 2 bridgehead atoms. The molecule has 0 radical (unpaired) electrons. The van der Waals surface area contributed by atoms with Gasteiger partial charge in [0.05, 0.1) is 19.8 Å². The summed E-state index contributed by atoms with van der Waals surface area (Å²) in [6, 6.07) is 6.18. The normalized spacial score (nSPS) is 36.8. The second-order valence-electron chi connectivity index (χ2n) is 6.63. The number of hydrogen-bond acceptors (Lipinski definition) is 3. The van der Waals surface area contributed by atoms with E-state index in [1.807, 2.05) is 0 Å². The highest BCUT2D eigenvalue weighted by atomic mass is 19.1. The average Bonchev–Trinajstić information content (AvgIpc) is 2.58. The Hall–Kier alpha value is -0.970. The molecule has 0 aromatic heterocycles. The van der Waals surface area contributed by atoms with Gasteiger partial charge in [0.2, 0.25) is 0 Å². The number of ether oxygens (including phenoxy) is 3. The summed E-state index contributed by atoms with van der Waals surface area (Å²) in [4.78, 5) is 0. The van der Waals surface area contributed by atoms with Gasteiger partial charge in [0, 0.05) is 11.0 Å². The van der Waals surface area contributed by atoms with E-state index in [1.165, 1.54) is 44.2 Å². The highest BCUT2D eigenvalue weighted by Crippen LogP contribution is 2.50. The van der Waals surface area contributed by atoms with Crippen LogP contribution < -0.4 is 0 Å². The standard InChI is InChI=1S/C17H21FO3/c18-15-8-6-14(7-9-15)17-19-10-16(11-20-17,12-21-17)13-4-2-1-3-5-13/h6-9,13H,1-5,10-12H2. The van der Waals surface area contributed by atoms with Crippen molar-refractivity contribution < 1.29 is 18.6 Å². The van der Waals surface area contributed by atoms with Gasteiger partial charge in [-0.25, -0.2) is 4.39 Å². The lowest BCUT2D eigenvalue weighted by Gasteiger charge is -2.55. The lowest BCUT2D eigenvalue weighted by atomic mass is 9.69. The van der Waals surface area contributed by atoms with Gasteiger partial charge in [-0.05, 0) is 43.0 Å². The van der Waals surface area contributed by atoms with Crippen LogP contribution >= 0.6 is 0 Å². The molecule has 0 unspecified atom stereocenters. The van der Waals surface area contributed by atoms with Gasteiger partial charge in [-0.2, -0.15) is 0 Å².